The van der Waals surface area contributed by atoms with Gasteiger partial charge >= 0.3 is 0 Å². The van der Waals surface area contributed by atoms with Crippen molar-refractivity contribution >= 4 is 11.8 Å². The quantitative estimate of drug-likeness (QED) is 0.794. The second-order valence-electron chi connectivity index (χ2n) is 4.63. The number of halogens is 1. The minimum Gasteiger partial charge on any atom is -0.308 e. The van der Waals surface area contributed by atoms with Crippen LogP contribution in [0, 0.1) is 5.82 Å². The maximum absolute atomic E-state index is 13.7. The van der Waals surface area contributed by atoms with Crippen LogP contribution in [0.1, 0.15) is 25.1 Å². The Morgan fingerprint density at radius 1 is 1.35 bits per heavy atom. The van der Waals surface area contributed by atoms with Gasteiger partial charge in [0.1, 0.15) is 5.82 Å². The first-order chi connectivity index (χ1) is 9.72. The third-order valence-electron chi connectivity index (χ3n) is 3.10. The van der Waals surface area contributed by atoms with Crippen LogP contribution >= 0.6 is 11.8 Å². The summed E-state index contributed by atoms with van der Waals surface area (Å²) >= 11 is 1.53. The van der Waals surface area contributed by atoms with Gasteiger partial charge in [-0.3, -0.25) is 4.68 Å². The standard InChI is InChI=1S/C15H20FN3S/c1-3-9-17-13(14-8-10-18-19(14)2)11-20-15-7-5-4-6-12(15)16/h4-8,10,13,17H,3,9,11H2,1-2H3. The Kier molecular flexibility index (Phi) is 5.61. The summed E-state index contributed by atoms with van der Waals surface area (Å²) in [5.74, 6) is 0.622. The molecule has 3 nitrogen and oxygen atoms in total. The maximum atomic E-state index is 13.7. The second-order valence-corrected chi connectivity index (χ2v) is 5.69. The lowest BCUT2D eigenvalue weighted by atomic mass is 10.2. The highest BCUT2D eigenvalue weighted by molar-refractivity contribution is 7.99. The Balaban J connectivity index is 2.05. The summed E-state index contributed by atoms with van der Waals surface area (Å²) in [5.41, 5.74) is 1.13. The zero-order valence-corrected chi connectivity index (χ0v) is 12.7. The van der Waals surface area contributed by atoms with Crippen LogP contribution < -0.4 is 5.32 Å². The van der Waals surface area contributed by atoms with Crippen LogP contribution in [0.25, 0.3) is 0 Å². The molecule has 1 aromatic heterocycles. The number of nitrogens with zero attached hydrogens (tertiary/aromatic N) is 2. The van der Waals surface area contributed by atoms with Gasteiger partial charge in [-0.05, 0) is 31.2 Å². The number of nitrogens with one attached hydrogen (secondary N) is 1. The highest BCUT2D eigenvalue weighted by atomic mass is 32.2. The molecule has 2 rings (SSSR count). The molecule has 0 spiro atoms. The first-order valence-corrected chi connectivity index (χ1v) is 7.79. The van der Waals surface area contributed by atoms with Gasteiger partial charge in [0.25, 0.3) is 0 Å². The zero-order chi connectivity index (χ0) is 14.4. The molecule has 0 radical (unpaired) electrons. The van der Waals surface area contributed by atoms with E-state index in [9.17, 15) is 4.39 Å². The first kappa shape index (κ1) is 15.1. The molecule has 0 amide bonds. The van der Waals surface area contributed by atoms with E-state index >= 15 is 0 Å². The number of aryl methyl sites for hydroxylation is 1. The van der Waals surface area contributed by atoms with Gasteiger partial charge in [0, 0.05) is 23.9 Å². The van der Waals surface area contributed by atoms with E-state index in [1.54, 1.807) is 12.3 Å². The number of rotatable bonds is 7. The van der Waals surface area contributed by atoms with Crippen LogP contribution in [0.15, 0.2) is 41.4 Å². The molecular weight excluding hydrogens is 273 g/mol. The van der Waals surface area contributed by atoms with Gasteiger partial charge in [-0.1, -0.05) is 19.1 Å². The maximum Gasteiger partial charge on any atom is 0.136 e. The summed E-state index contributed by atoms with van der Waals surface area (Å²) in [7, 11) is 1.93. The largest absolute Gasteiger partial charge is 0.308 e. The van der Waals surface area contributed by atoms with Gasteiger partial charge in [0.15, 0.2) is 0 Å². The third-order valence-corrected chi connectivity index (χ3v) is 4.24. The molecule has 0 saturated heterocycles. The lowest BCUT2D eigenvalue weighted by molar-refractivity contribution is 0.534. The van der Waals surface area contributed by atoms with Crippen LogP contribution in [0.2, 0.25) is 0 Å². The van der Waals surface area contributed by atoms with Crippen LogP contribution in [-0.2, 0) is 7.05 Å². The zero-order valence-electron chi connectivity index (χ0n) is 11.8. The number of benzene rings is 1. The monoisotopic (exact) mass is 293 g/mol. The van der Waals surface area contributed by atoms with Crippen LogP contribution in [0.3, 0.4) is 0 Å². The van der Waals surface area contributed by atoms with Crippen LogP contribution in [0.4, 0.5) is 4.39 Å². The fraction of sp³-hybridized carbons (Fsp3) is 0.400. The van der Waals surface area contributed by atoms with Gasteiger partial charge in [0.05, 0.1) is 11.7 Å². The molecule has 20 heavy (non-hydrogen) atoms. The van der Waals surface area contributed by atoms with Gasteiger partial charge in [-0.2, -0.15) is 5.10 Å². The van der Waals surface area contributed by atoms with E-state index in [0.717, 1.165) is 24.4 Å². The van der Waals surface area contributed by atoms with Crippen molar-refractivity contribution in [3.05, 3.63) is 48.0 Å². The summed E-state index contributed by atoms with van der Waals surface area (Å²) in [5, 5.41) is 7.71. The number of thioether (sulfide) groups is 1. The molecule has 108 valence electrons. The Hall–Kier alpha value is -1.33. The lowest BCUT2D eigenvalue weighted by Crippen LogP contribution is -2.26. The molecule has 2 aromatic rings. The fourth-order valence-electron chi connectivity index (χ4n) is 2.03. The highest BCUT2D eigenvalue weighted by Crippen LogP contribution is 2.26. The number of aromatic nitrogens is 2. The number of hydrogen-bond acceptors (Lipinski definition) is 3. The molecule has 1 atom stereocenters. The van der Waals surface area contributed by atoms with E-state index in [1.165, 1.54) is 17.8 Å². The van der Waals surface area contributed by atoms with Crippen molar-refractivity contribution in [2.24, 2.45) is 7.05 Å². The molecule has 0 aliphatic rings. The SMILES string of the molecule is CCCNC(CSc1ccccc1F)c1ccnn1C. The average Bonchev–Trinajstić information content (AvgIpc) is 2.87. The molecule has 1 heterocycles. The second kappa shape index (κ2) is 7.45. The smallest absolute Gasteiger partial charge is 0.136 e. The highest BCUT2D eigenvalue weighted by Gasteiger charge is 2.15. The Morgan fingerprint density at radius 2 is 2.15 bits per heavy atom. The van der Waals surface area contributed by atoms with Gasteiger partial charge in [-0.25, -0.2) is 4.39 Å². The Labute approximate surface area is 123 Å². The topological polar surface area (TPSA) is 29.9 Å². The van der Waals surface area contributed by atoms with Crippen molar-refractivity contribution in [2.45, 2.75) is 24.3 Å². The minimum atomic E-state index is -0.156. The molecule has 0 fully saturated rings. The average molecular weight is 293 g/mol. The molecule has 1 N–H and O–H groups in total. The van der Waals surface area contributed by atoms with Crippen LogP contribution in [0.5, 0.6) is 0 Å². The normalized spacial score (nSPS) is 12.6. The Bertz CT molecular complexity index is 541. The van der Waals surface area contributed by atoms with Gasteiger partial charge in [-0.15, -0.1) is 11.8 Å². The van der Waals surface area contributed by atoms with E-state index in [2.05, 4.69) is 17.3 Å². The summed E-state index contributed by atoms with van der Waals surface area (Å²) in [6, 6.07) is 9.08. The van der Waals surface area contributed by atoms with Crippen molar-refractivity contribution in [3.63, 3.8) is 0 Å². The Morgan fingerprint density at radius 3 is 2.80 bits per heavy atom. The van der Waals surface area contributed by atoms with E-state index in [4.69, 9.17) is 0 Å². The molecule has 0 aliphatic carbocycles. The fourth-order valence-corrected chi connectivity index (χ4v) is 3.04. The molecule has 0 bridgehead atoms. The summed E-state index contributed by atoms with van der Waals surface area (Å²) < 4.78 is 15.5. The summed E-state index contributed by atoms with van der Waals surface area (Å²) in [6.45, 7) is 3.07. The predicted molar refractivity (Wildman–Crippen MR) is 81.4 cm³/mol. The lowest BCUT2D eigenvalue weighted by Gasteiger charge is -2.18. The molecule has 1 unspecified atom stereocenters. The number of hydrogen-bond donors (Lipinski definition) is 1. The third kappa shape index (κ3) is 3.84. The van der Waals surface area contributed by atoms with Crippen LogP contribution in [-0.4, -0.2) is 22.1 Å². The molecule has 0 aliphatic heterocycles. The minimum absolute atomic E-state index is 0.156. The molecular formula is C15H20FN3S. The summed E-state index contributed by atoms with van der Waals surface area (Å²) in [4.78, 5) is 0.693. The molecule has 5 heteroatoms. The van der Waals surface area contributed by atoms with E-state index in [1.807, 2.05) is 29.9 Å². The van der Waals surface area contributed by atoms with E-state index < -0.39 is 0 Å². The van der Waals surface area contributed by atoms with Crippen molar-refractivity contribution in [1.29, 1.82) is 0 Å². The van der Waals surface area contributed by atoms with E-state index in [-0.39, 0.29) is 11.9 Å². The van der Waals surface area contributed by atoms with Crippen molar-refractivity contribution < 1.29 is 4.39 Å². The summed E-state index contributed by atoms with van der Waals surface area (Å²) in [6.07, 6.45) is 2.86. The van der Waals surface area contributed by atoms with Crippen molar-refractivity contribution in [1.82, 2.24) is 15.1 Å². The first-order valence-electron chi connectivity index (χ1n) is 6.81. The van der Waals surface area contributed by atoms with Crippen molar-refractivity contribution in [2.75, 3.05) is 12.3 Å². The predicted octanol–water partition coefficient (Wildman–Crippen LogP) is 3.39. The van der Waals surface area contributed by atoms with Gasteiger partial charge < -0.3 is 5.32 Å². The molecule has 1 aromatic carbocycles. The van der Waals surface area contributed by atoms with E-state index in [0.29, 0.717) is 4.90 Å². The van der Waals surface area contributed by atoms with Crippen molar-refractivity contribution in [3.8, 4) is 0 Å². The molecule has 0 saturated carbocycles. The van der Waals surface area contributed by atoms with Gasteiger partial charge in [0.2, 0.25) is 0 Å².